The summed E-state index contributed by atoms with van der Waals surface area (Å²) in [4.78, 5) is 32.2. The van der Waals surface area contributed by atoms with E-state index in [1.54, 1.807) is 0 Å². The normalized spacial score (nSPS) is 15.1. The number of non-ortho nitro benzene ring substituents is 1. The Morgan fingerprint density at radius 2 is 1.71 bits per heavy atom. The SMILES string of the molecule is O=C1NC(=O)C(c2ccc([N+](=O)[O-])cc2)=C1O. The molecule has 1 heterocycles. The summed E-state index contributed by atoms with van der Waals surface area (Å²) >= 11 is 0. The van der Waals surface area contributed by atoms with Crippen LogP contribution in [0.15, 0.2) is 30.0 Å². The third kappa shape index (κ3) is 1.73. The van der Waals surface area contributed by atoms with Crippen LogP contribution in [0.5, 0.6) is 0 Å². The third-order valence-electron chi connectivity index (χ3n) is 2.27. The number of nitrogens with one attached hydrogen (secondary N) is 1. The van der Waals surface area contributed by atoms with E-state index in [1.807, 2.05) is 5.32 Å². The fraction of sp³-hybridized carbons (Fsp3) is 0. The van der Waals surface area contributed by atoms with E-state index >= 15 is 0 Å². The lowest BCUT2D eigenvalue weighted by Crippen LogP contribution is -2.22. The highest BCUT2D eigenvalue weighted by Crippen LogP contribution is 2.24. The van der Waals surface area contributed by atoms with E-state index in [-0.39, 0.29) is 16.8 Å². The molecule has 0 saturated carbocycles. The molecule has 7 heteroatoms. The lowest BCUT2D eigenvalue weighted by molar-refractivity contribution is -0.384. The predicted octanol–water partition coefficient (Wildman–Crippen LogP) is 0.520. The fourth-order valence-corrected chi connectivity index (χ4v) is 1.46. The summed E-state index contributed by atoms with van der Waals surface area (Å²) in [6, 6.07) is 4.96. The second-order valence-corrected chi connectivity index (χ2v) is 3.31. The Bertz CT molecular complexity index is 559. The number of imide groups is 1. The first kappa shape index (κ1) is 10.8. The summed E-state index contributed by atoms with van der Waals surface area (Å²) in [5.41, 5.74) is -0.0695. The average molecular weight is 234 g/mol. The van der Waals surface area contributed by atoms with Gasteiger partial charge in [-0.1, -0.05) is 0 Å². The van der Waals surface area contributed by atoms with Crippen molar-refractivity contribution in [2.75, 3.05) is 0 Å². The van der Waals surface area contributed by atoms with Gasteiger partial charge in [-0.15, -0.1) is 0 Å². The zero-order valence-corrected chi connectivity index (χ0v) is 8.34. The van der Waals surface area contributed by atoms with E-state index in [0.29, 0.717) is 0 Å². The quantitative estimate of drug-likeness (QED) is 0.440. The minimum absolute atomic E-state index is 0.140. The molecule has 7 nitrogen and oxygen atoms in total. The first-order chi connectivity index (χ1) is 8.00. The molecule has 0 spiro atoms. The number of benzene rings is 1. The minimum Gasteiger partial charge on any atom is -0.502 e. The number of nitro benzene ring substituents is 1. The zero-order chi connectivity index (χ0) is 12.6. The maximum atomic E-state index is 11.3. The number of hydrogen-bond donors (Lipinski definition) is 2. The summed E-state index contributed by atoms with van der Waals surface area (Å²) in [5.74, 6) is -2.27. The van der Waals surface area contributed by atoms with Gasteiger partial charge in [-0.3, -0.25) is 25.0 Å². The molecular weight excluding hydrogens is 228 g/mol. The molecule has 17 heavy (non-hydrogen) atoms. The molecule has 0 fully saturated rings. The largest absolute Gasteiger partial charge is 0.502 e. The molecular formula is C10H6N2O5. The van der Waals surface area contributed by atoms with Gasteiger partial charge >= 0.3 is 0 Å². The Balaban J connectivity index is 2.45. The van der Waals surface area contributed by atoms with Crippen molar-refractivity contribution in [3.8, 4) is 0 Å². The smallest absolute Gasteiger partial charge is 0.293 e. The molecule has 0 aliphatic carbocycles. The lowest BCUT2D eigenvalue weighted by atomic mass is 10.1. The van der Waals surface area contributed by atoms with Crippen LogP contribution in [0.3, 0.4) is 0 Å². The van der Waals surface area contributed by atoms with Gasteiger partial charge < -0.3 is 5.11 Å². The Kier molecular flexibility index (Phi) is 2.36. The van der Waals surface area contributed by atoms with Gasteiger partial charge in [0.2, 0.25) is 0 Å². The molecule has 2 amide bonds. The molecule has 1 aliphatic heterocycles. The number of aliphatic hydroxyl groups excluding tert-OH is 1. The van der Waals surface area contributed by atoms with Gasteiger partial charge in [-0.2, -0.15) is 0 Å². The van der Waals surface area contributed by atoms with E-state index in [2.05, 4.69) is 0 Å². The van der Waals surface area contributed by atoms with Crippen LogP contribution in [0.1, 0.15) is 5.56 Å². The molecule has 2 N–H and O–H groups in total. The fourth-order valence-electron chi connectivity index (χ4n) is 1.46. The number of rotatable bonds is 2. The molecule has 0 saturated heterocycles. The van der Waals surface area contributed by atoms with Crippen LogP contribution in [0.2, 0.25) is 0 Å². The van der Waals surface area contributed by atoms with Crippen molar-refractivity contribution in [3.63, 3.8) is 0 Å². The minimum atomic E-state index is -0.872. The van der Waals surface area contributed by atoms with Crippen molar-refractivity contribution >= 4 is 23.1 Å². The van der Waals surface area contributed by atoms with Gasteiger partial charge in [-0.05, 0) is 17.7 Å². The molecule has 2 rings (SSSR count). The molecule has 1 aromatic carbocycles. The van der Waals surface area contributed by atoms with Crippen molar-refractivity contribution in [2.24, 2.45) is 0 Å². The van der Waals surface area contributed by atoms with E-state index in [0.717, 1.165) is 0 Å². The van der Waals surface area contributed by atoms with Gasteiger partial charge in [0.05, 0.1) is 10.5 Å². The van der Waals surface area contributed by atoms with Crippen molar-refractivity contribution in [1.29, 1.82) is 0 Å². The Morgan fingerprint density at radius 1 is 1.12 bits per heavy atom. The van der Waals surface area contributed by atoms with Crippen molar-refractivity contribution in [3.05, 3.63) is 45.7 Å². The van der Waals surface area contributed by atoms with Crippen LogP contribution in [-0.2, 0) is 9.59 Å². The van der Waals surface area contributed by atoms with Gasteiger partial charge in [0.25, 0.3) is 17.5 Å². The highest BCUT2D eigenvalue weighted by molar-refractivity contribution is 6.35. The monoisotopic (exact) mass is 234 g/mol. The van der Waals surface area contributed by atoms with E-state index in [1.165, 1.54) is 24.3 Å². The Morgan fingerprint density at radius 3 is 2.12 bits per heavy atom. The zero-order valence-electron chi connectivity index (χ0n) is 8.34. The van der Waals surface area contributed by atoms with Crippen molar-refractivity contribution in [1.82, 2.24) is 5.32 Å². The molecule has 86 valence electrons. The van der Waals surface area contributed by atoms with E-state index in [9.17, 15) is 24.8 Å². The van der Waals surface area contributed by atoms with Crippen LogP contribution in [-0.4, -0.2) is 21.8 Å². The standard InChI is InChI=1S/C10H6N2O5/c13-8-7(9(14)11-10(8)15)5-1-3-6(4-2-5)12(16)17/h1-4H,(H2,11,13,14,15). The van der Waals surface area contributed by atoms with E-state index < -0.39 is 22.5 Å². The van der Waals surface area contributed by atoms with Gasteiger partial charge in [-0.25, -0.2) is 0 Å². The number of amides is 2. The van der Waals surface area contributed by atoms with Crippen LogP contribution < -0.4 is 5.32 Å². The highest BCUT2D eigenvalue weighted by Gasteiger charge is 2.31. The van der Waals surface area contributed by atoms with Crippen molar-refractivity contribution < 1.29 is 19.6 Å². The summed E-state index contributed by atoms with van der Waals surface area (Å²) < 4.78 is 0. The molecule has 0 bridgehead atoms. The maximum absolute atomic E-state index is 11.3. The number of carbonyl (C=O) groups is 2. The van der Waals surface area contributed by atoms with Gasteiger partial charge in [0, 0.05) is 12.1 Å². The molecule has 0 radical (unpaired) electrons. The summed E-state index contributed by atoms with van der Waals surface area (Å²) in [6.07, 6.45) is 0. The number of hydrogen-bond acceptors (Lipinski definition) is 5. The third-order valence-corrected chi connectivity index (χ3v) is 2.27. The topological polar surface area (TPSA) is 110 Å². The van der Waals surface area contributed by atoms with E-state index in [4.69, 9.17) is 0 Å². The van der Waals surface area contributed by atoms with Crippen LogP contribution in [0, 0.1) is 10.1 Å². The molecule has 0 unspecified atom stereocenters. The molecule has 1 aromatic rings. The summed E-state index contributed by atoms with van der Waals surface area (Å²) in [5, 5.41) is 21.7. The van der Waals surface area contributed by atoms with Crippen LogP contribution >= 0.6 is 0 Å². The number of aliphatic hydroxyl groups is 1. The lowest BCUT2D eigenvalue weighted by Gasteiger charge is -1.99. The number of nitrogens with zero attached hydrogens (tertiary/aromatic N) is 1. The second-order valence-electron chi connectivity index (χ2n) is 3.31. The van der Waals surface area contributed by atoms with Gasteiger partial charge in [0.15, 0.2) is 5.76 Å². The Labute approximate surface area is 94.5 Å². The first-order valence-electron chi connectivity index (χ1n) is 4.54. The highest BCUT2D eigenvalue weighted by atomic mass is 16.6. The van der Waals surface area contributed by atoms with Gasteiger partial charge in [0.1, 0.15) is 0 Å². The van der Waals surface area contributed by atoms with Crippen LogP contribution in [0.4, 0.5) is 5.69 Å². The summed E-state index contributed by atoms with van der Waals surface area (Å²) in [7, 11) is 0. The molecule has 0 aromatic heterocycles. The summed E-state index contributed by atoms with van der Waals surface area (Å²) in [6.45, 7) is 0. The Hall–Kier alpha value is -2.70. The van der Waals surface area contributed by atoms with Crippen LogP contribution in [0.25, 0.3) is 5.57 Å². The average Bonchev–Trinajstić information content (AvgIpc) is 2.53. The maximum Gasteiger partial charge on any atom is 0.293 e. The molecule has 1 aliphatic rings. The first-order valence-corrected chi connectivity index (χ1v) is 4.54. The number of carbonyl (C=O) groups excluding carboxylic acids is 2. The predicted molar refractivity (Wildman–Crippen MR) is 55.8 cm³/mol. The second kappa shape index (κ2) is 3.71. The van der Waals surface area contributed by atoms with Crippen molar-refractivity contribution in [2.45, 2.75) is 0 Å². The number of nitro groups is 1. The molecule has 0 atom stereocenters.